The van der Waals surface area contributed by atoms with E-state index < -0.39 is 0 Å². The molecule has 2 heterocycles. The number of ether oxygens (including phenoxy) is 1. The third kappa shape index (κ3) is 3.24. The third-order valence-electron chi connectivity index (χ3n) is 4.40. The summed E-state index contributed by atoms with van der Waals surface area (Å²) in [6.45, 7) is 1.01. The van der Waals surface area contributed by atoms with Gasteiger partial charge in [0.15, 0.2) is 0 Å². The van der Waals surface area contributed by atoms with E-state index in [2.05, 4.69) is 16.0 Å². The summed E-state index contributed by atoms with van der Waals surface area (Å²) in [5.41, 5.74) is 4.85. The number of benzene rings is 2. The van der Waals surface area contributed by atoms with Crippen LogP contribution >= 0.6 is 0 Å². The summed E-state index contributed by atoms with van der Waals surface area (Å²) < 4.78 is 9.79. The van der Waals surface area contributed by atoms with Crippen LogP contribution in [0.25, 0.3) is 16.7 Å². The van der Waals surface area contributed by atoms with Crippen LogP contribution in [0.1, 0.15) is 17.0 Å². The number of imidazole rings is 2. The van der Waals surface area contributed by atoms with Crippen LogP contribution in [0.3, 0.4) is 0 Å². The number of aliphatic hydroxyl groups excluding tert-OH is 1. The fourth-order valence-corrected chi connectivity index (χ4v) is 2.95. The minimum Gasteiger partial charge on any atom is -0.392 e. The normalized spacial score (nSPS) is 11.3. The monoisotopic (exact) mass is 348 g/mol. The number of nitrogens with zero attached hydrogens (tertiary/aromatic N) is 4. The molecule has 0 spiro atoms. The molecule has 0 radical (unpaired) electrons. The van der Waals surface area contributed by atoms with Gasteiger partial charge in [0, 0.05) is 25.1 Å². The van der Waals surface area contributed by atoms with E-state index in [1.165, 1.54) is 0 Å². The molecule has 0 saturated carbocycles. The highest BCUT2D eigenvalue weighted by Crippen LogP contribution is 2.20. The summed E-state index contributed by atoms with van der Waals surface area (Å²) in [7, 11) is 1.96. The van der Waals surface area contributed by atoms with Gasteiger partial charge in [0.25, 0.3) is 0 Å². The average molecular weight is 348 g/mol. The number of aromatic nitrogens is 4. The molecule has 26 heavy (non-hydrogen) atoms. The molecular formula is C20H20N4O2. The van der Waals surface area contributed by atoms with Crippen LogP contribution in [0, 0.1) is 0 Å². The van der Waals surface area contributed by atoms with E-state index in [0.717, 1.165) is 33.7 Å². The second-order valence-corrected chi connectivity index (χ2v) is 6.21. The highest BCUT2D eigenvalue weighted by atomic mass is 16.5. The largest absolute Gasteiger partial charge is 0.392 e. The molecule has 0 amide bonds. The summed E-state index contributed by atoms with van der Waals surface area (Å²) in [5, 5.41) is 9.27. The molecule has 0 saturated heterocycles. The van der Waals surface area contributed by atoms with Gasteiger partial charge in [-0.25, -0.2) is 9.97 Å². The summed E-state index contributed by atoms with van der Waals surface area (Å²) >= 11 is 0. The minimum atomic E-state index is 0.0195. The van der Waals surface area contributed by atoms with E-state index in [1.54, 1.807) is 12.5 Å². The molecule has 1 N–H and O–H groups in total. The smallest absolute Gasteiger partial charge is 0.134 e. The van der Waals surface area contributed by atoms with Crippen LogP contribution in [0.2, 0.25) is 0 Å². The van der Waals surface area contributed by atoms with Gasteiger partial charge in [0.05, 0.1) is 24.2 Å². The summed E-state index contributed by atoms with van der Waals surface area (Å²) in [4.78, 5) is 8.71. The predicted octanol–water partition coefficient (Wildman–Crippen LogP) is 2.97. The number of aliphatic hydroxyl groups is 1. The highest BCUT2D eigenvalue weighted by Gasteiger charge is 2.07. The Hall–Kier alpha value is -2.96. The molecule has 132 valence electrons. The van der Waals surface area contributed by atoms with Crippen molar-refractivity contribution < 1.29 is 9.84 Å². The fourth-order valence-electron chi connectivity index (χ4n) is 2.95. The van der Waals surface area contributed by atoms with E-state index in [1.807, 2.05) is 58.8 Å². The van der Waals surface area contributed by atoms with Gasteiger partial charge in [-0.15, -0.1) is 0 Å². The van der Waals surface area contributed by atoms with Crippen LogP contribution < -0.4 is 0 Å². The van der Waals surface area contributed by atoms with Crippen molar-refractivity contribution >= 4 is 11.0 Å². The Labute approximate surface area is 151 Å². The van der Waals surface area contributed by atoms with Crippen LogP contribution in [0.15, 0.2) is 61.2 Å². The fraction of sp³-hybridized carbons (Fsp3) is 0.200. The Morgan fingerprint density at radius 2 is 1.96 bits per heavy atom. The summed E-state index contributed by atoms with van der Waals surface area (Å²) in [6, 6.07) is 14.0. The Morgan fingerprint density at radius 3 is 2.77 bits per heavy atom. The van der Waals surface area contributed by atoms with Crippen LogP contribution in [-0.2, 0) is 31.6 Å². The SMILES string of the molecule is Cn1ccnc1COCc1cccc(-n2cnc3cc(CO)ccc32)c1. The molecule has 4 rings (SSSR count). The second-order valence-electron chi connectivity index (χ2n) is 6.21. The van der Waals surface area contributed by atoms with Gasteiger partial charge in [-0.3, -0.25) is 4.57 Å². The number of aryl methyl sites for hydroxylation is 1. The molecule has 6 nitrogen and oxygen atoms in total. The number of hydrogen-bond donors (Lipinski definition) is 1. The topological polar surface area (TPSA) is 65.1 Å². The molecule has 4 aromatic rings. The second kappa shape index (κ2) is 7.11. The Bertz CT molecular complexity index is 1040. The Balaban J connectivity index is 1.53. The first kappa shape index (κ1) is 16.5. The van der Waals surface area contributed by atoms with Gasteiger partial charge < -0.3 is 14.4 Å². The first-order valence-corrected chi connectivity index (χ1v) is 8.45. The predicted molar refractivity (Wildman–Crippen MR) is 98.7 cm³/mol. The minimum absolute atomic E-state index is 0.0195. The Morgan fingerprint density at radius 1 is 1.04 bits per heavy atom. The maximum absolute atomic E-state index is 9.27. The van der Waals surface area contributed by atoms with Crippen LogP contribution in [0.5, 0.6) is 0 Å². The molecule has 0 aliphatic carbocycles. The van der Waals surface area contributed by atoms with Gasteiger partial charge >= 0.3 is 0 Å². The molecular weight excluding hydrogens is 328 g/mol. The van der Waals surface area contributed by atoms with Crippen molar-refractivity contribution in [1.29, 1.82) is 0 Å². The number of rotatable bonds is 6. The molecule has 0 unspecified atom stereocenters. The van der Waals surface area contributed by atoms with Crippen LogP contribution in [-0.4, -0.2) is 24.2 Å². The zero-order valence-electron chi connectivity index (χ0n) is 14.5. The maximum atomic E-state index is 9.27. The van der Waals surface area contributed by atoms with Crippen molar-refractivity contribution in [3.8, 4) is 5.69 Å². The van der Waals surface area contributed by atoms with Crippen molar-refractivity contribution in [2.75, 3.05) is 0 Å². The molecule has 0 aliphatic heterocycles. The van der Waals surface area contributed by atoms with E-state index >= 15 is 0 Å². The van der Waals surface area contributed by atoms with Crippen molar-refractivity contribution in [1.82, 2.24) is 19.1 Å². The zero-order valence-corrected chi connectivity index (χ0v) is 14.5. The quantitative estimate of drug-likeness (QED) is 0.582. The van der Waals surface area contributed by atoms with Gasteiger partial charge in [-0.05, 0) is 35.4 Å². The lowest BCUT2D eigenvalue weighted by atomic mass is 10.2. The maximum Gasteiger partial charge on any atom is 0.134 e. The standard InChI is InChI=1S/C20H20N4O2/c1-23-8-7-21-20(23)13-26-12-16-3-2-4-17(9-16)24-14-22-18-10-15(11-25)5-6-19(18)24/h2-10,14,25H,11-13H2,1H3. The zero-order chi connectivity index (χ0) is 17.9. The molecule has 2 aromatic carbocycles. The first-order chi connectivity index (χ1) is 12.7. The Kier molecular flexibility index (Phi) is 4.51. The third-order valence-corrected chi connectivity index (χ3v) is 4.40. The van der Waals surface area contributed by atoms with Crippen LogP contribution in [0.4, 0.5) is 0 Å². The van der Waals surface area contributed by atoms with Crippen molar-refractivity contribution in [3.63, 3.8) is 0 Å². The highest BCUT2D eigenvalue weighted by molar-refractivity contribution is 5.78. The first-order valence-electron chi connectivity index (χ1n) is 8.45. The average Bonchev–Trinajstić information content (AvgIpc) is 3.27. The molecule has 2 aromatic heterocycles. The lowest BCUT2D eigenvalue weighted by Gasteiger charge is -2.09. The van der Waals surface area contributed by atoms with Crippen molar-refractivity contribution in [2.24, 2.45) is 7.05 Å². The van der Waals surface area contributed by atoms with E-state index in [0.29, 0.717) is 13.2 Å². The van der Waals surface area contributed by atoms with Crippen molar-refractivity contribution in [2.45, 2.75) is 19.8 Å². The van der Waals surface area contributed by atoms with E-state index in [-0.39, 0.29) is 6.61 Å². The lowest BCUT2D eigenvalue weighted by Crippen LogP contribution is -2.01. The summed E-state index contributed by atoms with van der Waals surface area (Å²) in [5.74, 6) is 0.904. The molecule has 0 aliphatic rings. The number of hydrogen-bond acceptors (Lipinski definition) is 4. The van der Waals surface area contributed by atoms with Gasteiger partial charge in [-0.1, -0.05) is 18.2 Å². The van der Waals surface area contributed by atoms with E-state index in [4.69, 9.17) is 4.74 Å². The molecule has 6 heteroatoms. The molecule has 0 bridgehead atoms. The lowest BCUT2D eigenvalue weighted by molar-refractivity contribution is 0.1000. The van der Waals surface area contributed by atoms with Gasteiger partial charge in [0.2, 0.25) is 0 Å². The van der Waals surface area contributed by atoms with Crippen molar-refractivity contribution in [3.05, 3.63) is 78.1 Å². The van der Waals surface area contributed by atoms with Gasteiger partial charge in [0.1, 0.15) is 18.8 Å². The van der Waals surface area contributed by atoms with Gasteiger partial charge in [-0.2, -0.15) is 0 Å². The van der Waals surface area contributed by atoms with E-state index in [9.17, 15) is 5.11 Å². The summed E-state index contributed by atoms with van der Waals surface area (Å²) in [6.07, 6.45) is 5.48. The molecule has 0 atom stereocenters. The number of fused-ring (bicyclic) bond motifs is 1. The molecule has 0 fully saturated rings.